The molecule has 1 atom stereocenters. The van der Waals surface area contributed by atoms with E-state index in [2.05, 4.69) is 17.1 Å². The summed E-state index contributed by atoms with van der Waals surface area (Å²) in [7, 11) is 0. The second kappa shape index (κ2) is 5.80. The van der Waals surface area contributed by atoms with E-state index in [0.717, 1.165) is 25.1 Å². The molecule has 1 aliphatic carbocycles. The molecule has 18 heavy (non-hydrogen) atoms. The van der Waals surface area contributed by atoms with E-state index in [9.17, 15) is 0 Å². The van der Waals surface area contributed by atoms with Gasteiger partial charge in [-0.05, 0) is 45.1 Å². The van der Waals surface area contributed by atoms with E-state index in [0.29, 0.717) is 25.0 Å². The van der Waals surface area contributed by atoms with Crippen molar-refractivity contribution >= 4 is 0 Å². The zero-order chi connectivity index (χ0) is 13.0. The number of nitrogens with zero attached hydrogens (tertiary/aromatic N) is 2. The highest BCUT2D eigenvalue weighted by Crippen LogP contribution is 2.40. The lowest BCUT2D eigenvalue weighted by Gasteiger charge is -2.24. The van der Waals surface area contributed by atoms with Crippen LogP contribution in [0.3, 0.4) is 0 Å². The van der Waals surface area contributed by atoms with Crippen LogP contribution in [0.5, 0.6) is 0 Å². The van der Waals surface area contributed by atoms with Crippen molar-refractivity contribution in [1.82, 2.24) is 10.1 Å². The molecule has 0 spiro atoms. The standard InChI is InChI=1S/C13H23N3O2/c1-3-17-13(6-4-5-7-13)12-15-11(18-16-12)8-10(2)9-14/h10H,3-9,14H2,1-2H3. The Morgan fingerprint density at radius 3 is 2.78 bits per heavy atom. The number of ether oxygens (including phenoxy) is 1. The SMILES string of the molecule is CCOC1(c2noc(CC(C)CN)n2)CCCC1. The zero-order valence-electron chi connectivity index (χ0n) is 11.3. The van der Waals surface area contributed by atoms with Crippen molar-refractivity contribution in [3.63, 3.8) is 0 Å². The molecule has 2 rings (SSSR count). The van der Waals surface area contributed by atoms with Gasteiger partial charge in [0.1, 0.15) is 5.60 Å². The molecular weight excluding hydrogens is 230 g/mol. The van der Waals surface area contributed by atoms with Crippen LogP contribution in [0, 0.1) is 5.92 Å². The Kier molecular flexibility index (Phi) is 4.35. The molecule has 102 valence electrons. The maximum Gasteiger partial charge on any atom is 0.227 e. The van der Waals surface area contributed by atoms with Gasteiger partial charge in [-0.3, -0.25) is 0 Å². The monoisotopic (exact) mass is 253 g/mol. The Balaban J connectivity index is 2.12. The Hall–Kier alpha value is -0.940. The lowest BCUT2D eigenvalue weighted by molar-refractivity contribution is -0.0469. The van der Waals surface area contributed by atoms with Crippen molar-refractivity contribution < 1.29 is 9.26 Å². The topological polar surface area (TPSA) is 74.2 Å². The fourth-order valence-electron chi connectivity index (χ4n) is 2.56. The van der Waals surface area contributed by atoms with Crippen molar-refractivity contribution in [2.75, 3.05) is 13.2 Å². The highest BCUT2D eigenvalue weighted by Gasteiger charge is 2.40. The number of rotatable bonds is 6. The Morgan fingerprint density at radius 1 is 1.44 bits per heavy atom. The molecule has 5 nitrogen and oxygen atoms in total. The lowest BCUT2D eigenvalue weighted by atomic mass is 10.0. The second-order valence-electron chi connectivity index (χ2n) is 5.19. The molecule has 0 aliphatic heterocycles. The summed E-state index contributed by atoms with van der Waals surface area (Å²) in [5.74, 6) is 1.76. The summed E-state index contributed by atoms with van der Waals surface area (Å²) >= 11 is 0. The molecule has 0 radical (unpaired) electrons. The zero-order valence-corrected chi connectivity index (χ0v) is 11.3. The molecule has 1 unspecified atom stereocenters. The number of hydrogen-bond acceptors (Lipinski definition) is 5. The molecule has 1 aliphatic rings. The number of hydrogen-bond donors (Lipinski definition) is 1. The van der Waals surface area contributed by atoms with Gasteiger partial charge in [-0.25, -0.2) is 0 Å². The van der Waals surface area contributed by atoms with Crippen LogP contribution >= 0.6 is 0 Å². The molecule has 1 aromatic rings. The van der Waals surface area contributed by atoms with Crippen molar-refractivity contribution in [2.45, 2.75) is 51.6 Å². The summed E-state index contributed by atoms with van der Waals surface area (Å²) in [4.78, 5) is 4.51. The Labute approximate surface area is 108 Å². The van der Waals surface area contributed by atoms with Crippen LogP contribution in [0.1, 0.15) is 51.2 Å². The Morgan fingerprint density at radius 2 is 2.17 bits per heavy atom. The first kappa shape index (κ1) is 13.5. The number of aromatic nitrogens is 2. The summed E-state index contributed by atoms with van der Waals surface area (Å²) < 4.78 is 11.2. The van der Waals surface area contributed by atoms with E-state index in [4.69, 9.17) is 15.0 Å². The average molecular weight is 253 g/mol. The first-order valence-corrected chi connectivity index (χ1v) is 6.87. The molecule has 2 N–H and O–H groups in total. The van der Waals surface area contributed by atoms with Gasteiger partial charge in [0.25, 0.3) is 0 Å². The fraction of sp³-hybridized carbons (Fsp3) is 0.846. The van der Waals surface area contributed by atoms with Gasteiger partial charge >= 0.3 is 0 Å². The van der Waals surface area contributed by atoms with E-state index in [1.165, 1.54) is 12.8 Å². The minimum Gasteiger partial charge on any atom is -0.367 e. The molecule has 1 heterocycles. The maximum atomic E-state index is 5.91. The van der Waals surface area contributed by atoms with Crippen molar-refractivity contribution in [1.29, 1.82) is 0 Å². The van der Waals surface area contributed by atoms with Crippen molar-refractivity contribution in [2.24, 2.45) is 11.7 Å². The minimum absolute atomic E-state index is 0.303. The van der Waals surface area contributed by atoms with E-state index < -0.39 is 0 Å². The molecule has 1 saturated carbocycles. The maximum absolute atomic E-state index is 5.91. The van der Waals surface area contributed by atoms with Crippen molar-refractivity contribution in [3.05, 3.63) is 11.7 Å². The summed E-state index contributed by atoms with van der Waals surface area (Å²) in [5.41, 5.74) is 5.30. The summed E-state index contributed by atoms with van der Waals surface area (Å²) in [5, 5.41) is 4.12. The molecule has 1 fully saturated rings. The fourth-order valence-corrected chi connectivity index (χ4v) is 2.56. The lowest BCUT2D eigenvalue weighted by Crippen LogP contribution is -2.27. The van der Waals surface area contributed by atoms with Crippen LogP contribution in [0.15, 0.2) is 4.52 Å². The van der Waals surface area contributed by atoms with Gasteiger partial charge in [0.2, 0.25) is 11.7 Å². The van der Waals surface area contributed by atoms with Gasteiger partial charge in [0.15, 0.2) is 0 Å². The van der Waals surface area contributed by atoms with E-state index in [1.54, 1.807) is 0 Å². The van der Waals surface area contributed by atoms with Crippen LogP contribution in [0.25, 0.3) is 0 Å². The van der Waals surface area contributed by atoms with E-state index in [1.807, 2.05) is 6.92 Å². The smallest absolute Gasteiger partial charge is 0.227 e. The molecule has 0 aromatic carbocycles. The molecule has 0 amide bonds. The second-order valence-corrected chi connectivity index (χ2v) is 5.19. The van der Waals surface area contributed by atoms with Crippen LogP contribution in [-0.4, -0.2) is 23.3 Å². The molecule has 1 aromatic heterocycles. The molecule has 5 heteroatoms. The predicted octanol–water partition coefficient (Wildman–Crippen LogP) is 2.01. The largest absolute Gasteiger partial charge is 0.367 e. The molecule has 0 saturated heterocycles. The average Bonchev–Trinajstić information content (AvgIpc) is 2.99. The van der Waals surface area contributed by atoms with Crippen LogP contribution < -0.4 is 5.73 Å². The van der Waals surface area contributed by atoms with Crippen molar-refractivity contribution in [3.8, 4) is 0 Å². The normalized spacial score (nSPS) is 20.2. The third-order valence-corrected chi connectivity index (χ3v) is 3.63. The first-order chi connectivity index (χ1) is 8.70. The predicted molar refractivity (Wildman–Crippen MR) is 68.0 cm³/mol. The molecular formula is C13H23N3O2. The highest BCUT2D eigenvalue weighted by atomic mass is 16.5. The summed E-state index contributed by atoms with van der Waals surface area (Å²) in [6.45, 7) is 5.41. The van der Waals surface area contributed by atoms with Gasteiger partial charge in [-0.15, -0.1) is 0 Å². The highest BCUT2D eigenvalue weighted by molar-refractivity contribution is 5.04. The summed E-state index contributed by atoms with van der Waals surface area (Å²) in [6.07, 6.45) is 5.07. The third kappa shape index (κ3) is 2.72. The Bertz CT molecular complexity index is 372. The molecule has 0 bridgehead atoms. The van der Waals surface area contributed by atoms with Gasteiger partial charge in [0.05, 0.1) is 0 Å². The van der Waals surface area contributed by atoms with E-state index >= 15 is 0 Å². The minimum atomic E-state index is -0.303. The summed E-state index contributed by atoms with van der Waals surface area (Å²) in [6, 6.07) is 0. The van der Waals surface area contributed by atoms with Crippen LogP contribution in [0.4, 0.5) is 0 Å². The van der Waals surface area contributed by atoms with Gasteiger partial charge in [-0.1, -0.05) is 12.1 Å². The quantitative estimate of drug-likeness (QED) is 0.839. The first-order valence-electron chi connectivity index (χ1n) is 6.87. The van der Waals surface area contributed by atoms with Gasteiger partial charge < -0.3 is 15.0 Å². The number of nitrogens with two attached hydrogens (primary N) is 1. The van der Waals surface area contributed by atoms with E-state index in [-0.39, 0.29) is 5.60 Å². The van der Waals surface area contributed by atoms with Crippen LogP contribution in [0.2, 0.25) is 0 Å². The van der Waals surface area contributed by atoms with Gasteiger partial charge in [0, 0.05) is 13.0 Å². The van der Waals surface area contributed by atoms with Crippen LogP contribution in [-0.2, 0) is 16.8 Å². The van der Waals surface area contributed by atoms with Gasteiger partial charge in [-0.2, -0.15) is 4.98 Å². The third-order valence-electron chi connectivity index (χ3n) is 3.63.